The Balaban J connectivity index is 0.000000545. The molecule has 0 radical (unpaired) electrons. The SMILES string of the molecule is CNc1cnc2ccc(Cc3ccccc3)cc2c1.ClCCl. The molecule has 1 aromatic heterocycles. The van der Waals surface area contributed by atoms with Gasteiger partial charge in [0.05, 0.1) is 22.7 Å². The number of nitrogens with one attached hydrogen (secondary N) is 1. The van der Waals surface area contributed by atoms with E-state index in [1.807, 2.05) is 19.3 Å². The first-order valence-corrected chi connectivity index (χ1v) is 8.06. The van der Waals surface area contributed by atoms with Crippen LogP contribution in [0.4, 0.5) is 5.69 Å². The molecule has 1 N–H and O–H groups in total. The zero-order chi connectivity index (χ0) is 15.8. The number of fused-ring (bicyclic) bond motifs is 1. The number of halogens is 2. The van der Waals surface area contributed by atoms with E-state index in [-0.39, 0.29) is 5.34 Å². The quantitative estimate of drug-likeness (QED) is 0.659. The fourth-order valence-electron chi connectivity index (χ4n) is 2.26. The maximum absolute atomic E-state index is 4.76. The molecule has 0 saturated carbocycles. The Labute approximate surface area is 141 Å². The molecule has 0 aliphatic rings. The molecule has 0 unspecified atom stereocenters. The monoisotopic (exact) mass is 332 g/mol. The third kappa shape index (κ3) is 4.62. The summed E-state index contributed by atoms with van der Waals surface area (Å²) in [6.07, 6.45) is 2.82. The van der Waals surface area contributed by atoms with Crippen LogP contribution in [-0.2, 0) is 6.42 Å². The van der Waals surface area contributed by atoms with Crippen molar-refractivity contribution in [3.8, 4) is 0 Å². The van der Waals surface area contributed by atoms with Gasteiger partial charge in [-0.25, -0.2) is 0 Å². The molecule has 0 saturated heterocycles. The molecule has 2 aromatic carbocycles. The number of nitrogens with zero attached hydrogens (tertiary/aromatic N) is 1. The van der Waals surface area contributed by atoms with Gasteiger partial charge in [0.25, 0.3) is 0 Å². The van der Waals surface area contributed by atoms with Crippen molar-refractivity contribution in [1.29, 1.82) is 0 Å². The minimum Gasteiger partial charge on any atom is -0.387 e. The summed E-state index contributed by atoms with van der Waals surface area (Å²) in [4.78, 5) is 4.44. The molecule has 0 aliphatic heterocycles. The van der Waals surface area contributed by atoms with E-state index in [0.717, 1.165) is 17.6 Å². The summed E-state index contributed by atoms with van der Waals surface area (Å²) in [5.74, 6) is 0. The second-order valence-corrected chi connectivity index (χ2v) is 5.57. The van der Waals surface area contributed by atoms with Crippen LogP contribution in [0.3, 0.4) is 0 Å². The van der Waals surface area contributed by atoms with Crippen LogP contribution in [0.1, 0.15) is 11.1 Å². The van der Waals surface area contributed by atoms with E-state index in [1.54, 1.807) is 0 Å². The van der Waals surface area contributed by atoms with Crippen LogP contribution in [0.5, 0.6) is 0 Å². The molecule has 2 nitrogen and oxygen atoms in total. The van der Waals surface area contributed by atoms with Crippen LogP contribution < -0.4 is 5.32 Å². The van der Waals surface area contributed by atoms with Crippen molar-refractivity contribution in [3.63, 3.8) is 0 Å². The highest BCUT2D eigenvalue weighted by Gasteiger charge is 2.00. The van der Waals surface area contributed by atoms with Crippen LogP contribution in [0, 0.1) is 0 Å². The Hall–Kier alpha value is -1.77. The number of benzene rings is 2. The van der Waals surface area contributed by atoms with Crippen molar-refractivity contribution in [2.75, 3.05) is 17.7 Å². The van der Waals surface area contributed by atoms with Crippen molar-refractivity contribution in [3.05, 3.63) is 71.9 Å². The van der Waals surface area contributed by atoms with E-state index in [2.05, 4.69) is 58.8 Å². The Morgan fingerprint density at radius 2 is 1.68 bits per heavy atom. The van der Waals surface area contributed by atoms with Crippen molar-refractivity contribution in [2.24, 2.45) is 0 Å². The molecule has 0 aliphatic carbocycles. The van der Waals surface area contributed by atoms with E-state index >= 15 is 0 Å². The smallest absolute Gasteiger partial charge is 0.0967 e. The van der Waals surface area contributed by atoms with Gasteiger partial charge < -0.3 is 5.32 Å². The first kappa shape index (κ1) is 16.6. The maximum atomic E-state index is 4.76. The van der Waals surface area contributed by atoms with Gasteiger partial charge in [-0.1, -0.05) is 36.4 Å². The van der Waals surface area contributed by atoms with Gasteiger partial charge in [-0.2, -0.15) is 0 Å². The van der Waals surface area contributed by atoms with Gasteiger partial charge in [-0.15, -0.1) is 23.2 Å². The zero-order valence-corrected chi connectivity index (χ0v) is 13.9. The first-order chi connectivity index (χ1) is 10.8. The number of hydrogen-bond donors (Lipinski definition) is 1. The summed E-state index contributed by atoms with van der Waals surface area (Å²) < 4.78 is 0. The van der Waals surface area contributed by atoms with E-state index < -0.39 is 0 Å². The fraction of sp³-hybridized carbons (Fsp3) is 0.167. The lowest BCUT2D eigenvalue weighted by Crippen LogP contribution is -1.91. The van der Waals surface area contributed by atoms with Crippen molar-refractivity contribution in [2.45, 2.75) is 6.42 Å². The molecule has 0 spiro atoms. The predicted octanol–water partition coefficient (Wildman–Crippen LogP) is 5.29. The highest BCUT2D eigenvalue weighted by molar-refractivity contribution is 6.40. The Bertz CT molecular complexity index is 715. The molecule has 22 heavy (non-hydrogen) atoms. The number of hydrogen-bond acceptors (Lipinski definition) is 2. The van der Waals surface area contributed by atoms with Crippen LogP contribution in [0.25, 0.3) is 10.9 Å². The minimum atomic E-state index is 0.194. The van der Waals surface area contributed by atoms with Crippen molar-refractivity contribution in [1.82, 2.24) is 4.98 Å². The highest BCUT2D eigenvalue weighted by Crippen LogP contribution is 2.19. The first-order valence-electron chi connectivity index (χ1n) is 6.99. The van der Waals surface area contributed by atoms with Gasteiger partial charge in [-0.3, -0.25) is 4.98 Å². The van der Waals surface area contributed by atoms with Gasteiger partial charge in [0.2, 0.25) is 0 Å². The van der Waals surface area contributed by atoms with Crippen molar-refractivity contribution >= 4 is 39.8 Å². The zero-order valence-electron chi connectivity index (χ0n) is 12.4. The maximum Gasteiger partial charge on any atom is 0.0967 e. The Morgan fingerprint density at radius 1 is 0.955 bits per heavy atom. The van der Waals surface area contributed by atoms with Crippen LogP contribution in [-0.4, -0.2) is 17.4 Å². The standard InChI is InChI=1S/C17H16N2.CH2Cl2/c1-18-16-11-15-10-14(7-8-17(15)19-12-16)9-13-5-3-2-4-6-13;2-1-3/h2-8,10-12,18H,9H2,1H3;1H2. The van der Waals surface area contributed by atoms with E-state index in [4.69, 9.17) is 23.2 Å². The number of alkyl halides is 2. The van der Waals surface area contributed by atoms with E-state index in [1.165, 1.54) is 16.5 Å². The lowest BCUT2D eigenvalue weighted by Gasteiger charge is -2.05. The van der Waals surface area contributed by atoms with Crippen LogP contribution in [0.2, 0.25) is 0 Å². The summed E-state index contributed by atoms with van der Waals surface area (Å²) >= 11 is 9.53. The molecular formula is C18H18Cl2N2. The molecule has 3 aromatic rings. The van der Waals surface area contributed by atoms with E-state index in [0.29, 0.717) is 0 Å². The number of pyridine rings is 1. The number of anilines is 1. The molecule has 4 heteroatoms. The molecule has 0 atom stereocenters. The summed E-state index contributed by atoms with van der Waals surface area (Å²) in [7, 11) is 1.91. The van der Waals surface area contributed by atoms with Gasteiger partial charge in [0.15, 0.2) is 0 Å². The van der Waals surface area contributed by atoms with Gasteiger partial charge in [-0.05, 0) is 35.7 Å². The summed E-state index contributed by atoms with van der Waals surface area (Å²) in [6, 6.07) is 19.1. The predicted molar refractivity (Wildman–Crippen MR) is 97.1 cm³/mol. The molecule has 0 fully saturated rings. The third-order valence-corrected chi connectivity index (χ3v) is 3.29. The number of aromatic nitrogens is 1. The molecule has 3 rings (SSSR count). The Morgan fingerprint density at radius 3 is 2.36 bits per heavy atom. The molecule has 0 bridgehead atoms. The fourth-order valence-corrected chi connectivity index (χ4v) is 2.26. The third-order valence-electron chi connectivity index (χ3n) is 3.29. The number of rotatable bonds is 3. The normalized spacial score (nSPS) is 9.95. The summed E-state index contributed by atoms with van der Waals surface area (Å²) in [5, 5.41) is 4.50. The highest BCUT2D eigenvalue weighted by atomic mass is 35.5. The average Bonchev–Trinajstić information content (AvgIpc) is 2.56. The van der Waals surface area contributed by atoms with Gasteiger partial charge in [0, 0.05) is 12.4 Å². The average molecular weight is 333 g/mol. The molecule has 0 amide bonds. The second kappa shape index (κ2) is 8.62. The van der Waals surface area contributed by atoms with Gasteiger partial charge in [0.1, 0.15) is 0 Å². The summed E-state index contributed by atoms with van der Waals surface area (Å²) in [6.45, 7) is 0. The molecular weight excluding hydrogens is 315 g/mol. The minimum absolute atomic E-state index is 0.194. The van der Waals surface area contributed by atoms with Crippen LogP contribution >= 0.6 is 23.2 Å². The molecule has 114 valence electrons. The Kier molecular flexibility index (Phi) is 6.50. The molecule has 1 heterocycles. The lowest BCUT2D eigenvalue weighted by atomic mass is 10.0. The van der Waals surface area contributed by atoms with E-state index in [9.17, 15) is 0 Å². The van der Waals surface area contributed by atoms with Crippen LogP contribution in [0.15, 0.2) is 60.8 Å². The second-order valence-electron chi connectivity index (χ2n) is 4.76. The lowest BCUT2D eigenvalue weighted by molar-refractivity contribution is 1.20. The topological polar surface area (TPSA) is 24.9 Å². The summed E-state index contributed by atoms with van der Waals surface area (Å²) in [5.41, 5.74) is 4.73. The largest absolute Gasteiger partial charge is 0.387 e. The van der Waals surface area contributed by atoms with Crippen molar-refractivity contribution < 1.29 is 0 Å². The van der Waals surface area contributed by atoms with Gasteiger partial charge >= 0.3 is 0 Å².